The quantitative estimate of drug-likeness (QED) is 0.569. The second-order valence-electron chi connectivity index (χ2n) is 4.94. The monoisotopic (exact) mass is 276 g/mol. The third-order valence-electron chi connectivity index (χ3n) is 3.79. The van der Waals surface area contributed by atoms with E-state index in [9.17, 15) is 0 Å². The second kappa shape index (κ2) is 5.53. The van der Waals surface area contributed by atoms with Crippen LogP contribution in [-0.4, -0.2) is 30.0 Å². The summed E-state index contributed by atoms with van der Waals surface area (Å²) in [5.74, 6) is 0.370. The van der Waals surface area contributed by atoms with Crippen LogP contribution in [0.2, 0.25) is 0 Å². The summed E-state index contributed by atoms with van der Waals surface area (Å²) in [5, 5.41) is 0.801. The van der Waals surface area contributed by atoms with Crippen LogP contribution in [0.25, 0.3) is 0 Å². The minimum absolute atomic E-state index is 0.0250. The van der Waals surface area contributed by atoms with Gasteiger partial charge in [0, 0.05) is 37.1 Å². The van der Waals surface area contributed by atoms with Crippen molar-refractivity contribution >= 4 is 24.1 Å². The molecule has 0 amide bonds. The summed E-state index contributed by atoms with van der Waals surface area (Å²) >= 11 is 2.94. The van der Waals surface area contributed by atoms with E-state index in [-0.39, 0.29) is 17.8 Å². The number of ether oxygens (including phenoxy) is 1. The zero-order valence-corrected chi connectivity index (χ0v) is 12.2. The molecule has 0 aromatic rings. The van der Waals surface area contributed by atoms with Crippen LogP contribution in [0.15, 0.2) is 12.2 Å². The molecule has 1 aliphatic heterocycles. The normalized spacial score (nSPS) is 42.6. The summed E-state index contributed by atoms with van der Waals surface area (Å²) in [4.78, 5) is 0. The zero-order valence-electron chi connectivity index (χ0n) is 10.6. The molecule has 0 spiro atoms. The van der Waals surface area contributed by atoms with Gasteiger partial charge in [-0.05, 0) is 26.7 Å². The summed E-state index contributed by atoms with van der Waals surface area (Å²) in [6, 6.07) is 0. The molecule has 0 radical (unpaired) electrons. The van der Waals surface area contributed by atoms with Crippen LogP contribution in [0.1, 0.15) is 26.7 Å². The van der Waals surface area contributed by atoms with Gasteiger partial charge in [0.05, 0.1) is 10.7 Å². The van der Waals surface area contributed by atoms with Gasteiger partial charge in [0.2, 0.25) is 0 Å². The van der Waals surface area contributed by atoms with Crippen molar-refractivity contribution in [1.29, 1.82) is 0 Å². The first-order chi connectivity index (χ1) is 8.08. The average Bonchev–Trinajstić information content (AvgIpc) is 2.55. The summed E-state index contributed by atoms with van der Waals surface area (Å²) in [5.41, 5.74) is 0.920. The van der Waals surface area contributed by atoms with Crippen LogP contribution in [0.4, 0.5) is 0 Å². The summed E-state index contributed by atoms with van der Waals surface area (Å²) < 4.78 is 17.5. The highest BCUT2D eigenvalue weighted by Gasteiger charge is 2.50. The first-order valence-corrected chi connectivity index (χ1v) is 7.68. The molecule has 0 aromatic carbocycles. The Morgan fingerprint density at radius 3 is 2.76 bits per heavy atom. The molecular weight excluding hydrogens is 256 g/mol. The fourth-order valence-corrected chi connectivity index (χ4v) is 4.01. The number of rotatable bonds is 2. The van der Waals surface area contributed by atoms with Crippen LogP contribution in [-0.2, 0) is 13.1 Å². The molecule has 2 rings (SSSR count). The van der Waals surface area contributed by atoms with Crippen LogP contribution in [0.3, 0.4) is 0 Å². The van der Waals surface area contributed by atoms with Gasteiger partial charge >= 0.3 is 0 Å². The maximum atomic E-state index is 5.91. The van der Waals surface area contributed by atoms with E-state index in [0.717, 1.165) is 17.9 Å². The van der Waals surface area contributed by atoms with Crippen molar-refractivity contribution in [1.82, 2.24) is 0 Å². The lowest BCUT2D eigenvalue weighted by atomic mass is 9.73. The van der Waals surface area contributed by atoms with Crippen molar-refractivity contribution in [2.24, 2.45) is 5.92 Å². The molecule has 0 N–H and O–H groups in total. The van der Waals surface area contributed by atoms with E-state index in [4.69, 9.17) is 13.1 Å². The molecule has 98 valence electrons. The molecule has 1 saturated carbocycles. The SMILES string of the molecule is C=C(C)C1CCC(C)(OC)C2OSCSOC12. The van der Waals surface area contributed by atoms with Gasteiger partial charge in [0.25, 0.3) is 0 Å². The van der Waals surface area contributed by atoms with Crippen molar-refractivity contribution in [3.05, 3.63) is 12.2 Å². The number of methoxy groups -OCH3 is 1. The van der Waals surface area contributed by atoms with E-state index in [1.807, 2.05) is 0 Å². The van der Waals surface area contributed by atoms with E-state index in [0.29, 0.717) is 5.92 Å². The van der Waals surface area contributed by atoms with Crippen molar-refractivity contribution in [2.75, 3.05) is 12.2 Å². The van der Waals surface area contributed by atoms with Crippen LogP contribution in [0, 0.1) is 5.92 Å². The Bertz CT molecular complexity index is 297. The molecule has 5 heteroatoms. The Morgan fingerprint density at radius 2 is 2.12 bits per heavy atom. The van der Waals surface area contributed by atoms with E-state index in [1.165, 1.54) is 29.7 Å². The van der Waals surface area contributed by atoms with Crippen molar-refractivity contribution in [3.63, 3.8) is 0 Å². The lowest BCUT2D eigenvalue weighted by molar-refractivity contribution is -0.142. The van der Waals surface area contributed by atoms with Gasteiger partial charge in [-0.25, -0.2) is 0 Å². The maximum Gasteiger partial charge on any atom is 0.129 e. The Hall–Kier alpha value is 0.320. The van der Waals surface area contributed by atoms with Crippen LogP contribution < -0.4 is 0 Å². The minimum atomic E-state index is -0.255. The minimum Gasteiger partial charge on any atom is -0.376 e. The molecule has 2 aliphatic rings. The van der Waals surface area contributed by atoms with Gasteiger partial charge in [-0.15, -0.1) is 0 Å². The van der Waals surface area contributed by atoms with Crippen molar-refractivity contribution in [3.8, 4) is 0 Å². The highest BCUT2D eigenvalue weighted by atomic mass is 32.2. The largest absolute Gasteiger partial charge is 0.376 e. The highest BCUT2D eigenvalue weighted by molar-refractivity contribution is 8.11. The Labute approximate surface area is 112 Å². The van der Waals surface area contributed by atoms with Crippen molar-refractivity contribution in [2.45, 2.75) is 44.5 Å². The second-order valence-corrected chi connectivity index (χ2v) is 6.74. The van der Waals surface area contributed by atoms with Gasteiger partial charge < -0.3 is 13.1 Å². The van der Waals surface area contributed by atoms with E-state index < -0.39 is 0 Å². The summed E-state index contributed by atoms with van der Waals surface area (Å²) in [7, 11) is 1.75. The molecule has 4 atom stereocenters. The number of fused-ring (bicyclic) bond motifs is 1. The molecule has 4 unspecified atom stereocenters. The fraction of sp³-hybridized carbons (Fsp3) is 0.833. The van der Waals surface area contributed by atoms with E-state index >= 15 is 0 Å². The topological polar surface area (TPSA) is 27.7 Å². The highest BCUT2D eigenvalue weighted by Crippen LogP contribution is 2.45. The smallest absolute Gasteiger partial charge is 0.129 e. The number of hydrogen-bond acceptors (Lipinski definition) is 5. The van der Waals surface area contributed by atoms with Gasteiger partial charge in [0.1, 0.15) is 12.2 Å². The van der Waals surface area contributed by atoms with Gasteiger partial charge in [-0.1, -0.05) is 12.2 Å². The summed E-state index contributed by atoms with van der Waals surface area (Å²) in [6.45, 7) is 8.26. The molecular formula is C12H20O3S2. The average molecular weight is 276 g/mol. The zero-order chi connectivity index (χ0) is 12.5. The van der Waals surface area contributed by atoms with E-state index in [1.54, 1.807) is 7.11 Å². The molecule has 3 nitrogen and oxygen atoms in total. The Morgan fingerprint density at radius 1 is 1.41 bits per heavy atom. The molecule has 1 heterocycles. The first kappa shape index (κ1) is 13.7. The lowest BCUT2D eigenvalue weighted by Gasteiger charge is -2.46. The van der Waals surface area contributed by atoms with Gasteiger partial charge in [-0.2, -0.15) is 0 Å². The molecule has 0 aromatic heterocycles. The predicted octanol–water partition coefficient (Wildman–Crippen LogP) is 3.42. The third-order valence-corrected chi connectivity index (χ3v) is 5.27. The Kier molecular flexibility index (Phi) is 4.47. The van der Waals surface area contributed by atoms with Gasteiger partial charge in [-0.3, -0.25) is 0 Å². The van der Waals surface area contributed by atoms with Crippen molar-refractivity contribution < 1.29 is 13.1 Å². The maximum absolute atomic E-state index is 5.91. The van der Waals surface area contributed by atoms with Crippen LogP contribution in [0.5, 0.6) is 0 Å². The predicted molar refractivity (Wildman–Crippen MR) is 72.7 cm³/mol. The molecule has 2 fully saturated rings. The molecule has 1 saturated heterocycles. The molecule has 17 heavy (non-hydrogen) atoms. The fourth-order valence-electron chi connectivity index (χ4n) is 2.55. The molecule has 0 bridgehead atoms. The lowest BCUT2D eigenvalue weighted by Crippen LogP contribution is -2.55. The number of hydrogen-bond donors (Lipinski definition) is 0. The van der Waals surface area contributed by atoms with Crippen LogP contribution >= 0.6 is 24.1 Å². The first-order valence-electron chi connectivity index (χ1n) is 5.85. The third kappa shape index (κ3) is 2.68. The van der Waals surface area contributed by atoms with E-state index in [2.05, 4.69) is 20.4 Å². The summed E-state index contributed by atoms with van der Waals surface area (Å²) in [6.07, 6.45) is 2.06. The Balaban J connectivity index is 2.24. The standard InChI is InChI=1S/C12H20O3S2/c1-8(2)9-5-6-12(3,13-4)11-10(9)14-16-7-17-15-11/h9-11H,1,5-7H2,2-4H3. The van der Waals surface area contributed by atoms with Gasteiger partial charge in [0.15, 0.2) is 0 Å². The molecule has 1 aliphatic carbocycles.